The SMILES string of the molecule is CS[C@@H](C)C(=O)Nc1n[nH]c(C(F)(F)F)n1. The third kappa shape index (κ3) is 3.12. The first-order valence-corrected chi connectivity index (χ1v) is 5.46. The number of nitrogens with one attached hydrogen (secondary N) is 2. The van der Waals surface area contributed by atoms with Gasteiger partial charge in [0, 0.05) is 0 Å². The smallest absolute Gasteiger partial charge is 0.292 e. The number of amides is 1. The standard InChI is InChI=1S/C7H9F3N4OS/c1-3(16-2)4(15)11-6-12-5(13-14-6)7(8,9)10/h3H,1-2H3,(H2,11,12,13,14,15)/t3-/m0/s1. The molecule has 16 heavy (non-hydrogen) atoms. The van der Waals surface area contributed by atoms with Gasteiger partial charge in [-0.15, -0.1) is 5.10 Å². The molecule has 0 saturated carbocycles. The zero-order valence-electron chi connectivity index (χ0n) is 8.42. The predicted octanol–water partition coefficient (Wildman–Crippen LogP) is 1.51. The van der Waals surface area contributed by atoms with E-state index in [1.165, 1.54) is 11.8 Å². The zero-order valence-corrected chi connectivity index (χ0v) is 9.24. The van der Waals surface area contributed by atoms with Crippen LogP contribution in [0.5, 0.6) is 0 Å². The maximum absolute atomic E-state index is 12.1. The summed E-state index contributed by atoms with van der Waals surface area (Å²) in [6.07, 6.45) is -2.88. The number of hydrogen-bond donors (Lipinski definition) is 2. The van der Waals surface area contributed by atoms with Crippen LogP contribution in [0.25, 0.3) is 0 Å². The fraction of sp³-hybridized carbons (Fsp3) is 0.571. The molecule has 0 radical (unpaired) electrons. The number of carbonyl (C=O) groups is 1. The minimum Gasteiger partial charge on any atom is -0.292 e. The molecule has 0 spiro atoms. The Morgan fingerprint density at radius 1 is 1.56 bits per heavy atom. The van der Waals surface area contributed by atoms with Gasteiger partial charge in [0.2, 0.25) is 17.7 Å². The van der Waals surface area contributed by atoms with E-state index < -0.39 is 17.9 Å². The largest absolute Gasteiger partial charge is 0.451 e. The summed E-state index contributed by atoms with van der Waals surface area (Å²) in [4.78, 5) is 14.4. The van der Waals surface area contributed by atoms with Gasteiger partial charge in [0.25, 0.3) is 0 Å². The number of aromatic amines is 1. The van der Waals surface area contributed by atoms with Crippen LogP contribution in [0.3, 0.4) is 0 Å². The van der Waals surface area contributed by atoms with E-state index in [1.807, 2.05) is 0 Å². The number of halogens is 3. The first-order chi connectivity index (χ1) is 7.34. The molecule has 5 nitrogen and oxygen atoms in total. The Kier molecular flexibility index (Phi) is 3.79. The van der Waals surface area contributed by atoms with Crippen molar-refractivity contribution in [1.82, 2.24) is 15.2 Å². The van der Waals surface area contributed by atoms with E-state index in [9.17, 15) is 18.0 Å². The monoisotopic (exact) mass is 254 g/mol. The summed E-state index contributed by atoms with van der Waals surface area (Å²) < 4.78 is 36.3. The van der Waals surface area contributed by atoms with E-state index in [2.05, 4.69) is 15.4 Å². The molecule has 2 N–H and O–H groups in total. The van der Waals surface area contributed by atoms with Crippen molar-refractivity contribution in [2.24, 2.45) is 0 Å². The van der Waals surface area contributed by atoms with Crippen LogP contribution in [-0.2, 0) is 11.0 Å². The van der Waals surface area contributed by atoms with Crippen molar-refractivity contribution < 1.29 is 18.0 Å². The third-order valence-corrected chi connectivity index (χ3v) is 2.63. The Bertz CT molecular complexity index is 378. The number of anilines is 1. The van der Waals surface area contributed by atoms with Gasteiger partial charge in [-0.05, 0) is 13.2 Å². The molecule has 90 valence electrons. The van der Waals surface area contributed by atoms with Gasteiger partial charge in [-0.25, -0.2) is 0 Å². The number of thioether (sulfide) groups is 1. The quantitative estimate of drug-likeness (QED) is 0.857. The topological polar surface area (TPSA) is 70.7 Å². The predicted molar refractivity (Wildman–Crippen MR) is 53.0 cm³/mol. The Morgan fingerprint density at radius 2 is 2.19 bits per heavy atom. The summed E-state index contributed by atoms with van der Waals surface area (Å²) in [7, 11) is 0. The van der Waals surface area contributed by atoms with Crippen LogP contribution in [0.1, 0.15) is 12.7 Å². The number of H-pyrrole nitrogens is 1. The number of rotatable bonds is 3. The first kappa shape index (κ1) is 12.8. The van der Waals surface area contributed by atoms with Crippen LogP contribution in [0.4, 0.5) is 19.1 Å². The molecule has 1 rings (SSSR count). The lowest BCUT2D eigenvalue weighted by molar-refractivity contribution is -0.144. The highest BCUT2D eigenvalue weighted by molar-refractivity contribution is 7.99. The molecule has 0 saturated heterocycles. The molecule has 1 aromatic heterocycles. The lowest BCUT2D eigenvalue weighted by Crippen LogP contribution is -2.22. The molecule has 0 aliphatic carbocycles. The fourth-order valence-corrected chi connectivity index (χ4v) is 1.04. The second kappa shape index (κ2) is 4.73. The van der Waals surface area contributed by atoms with Gasteiger partial charge in [0.1, 0.15) is 0 Å². The molecule has 0 bridgehead atoms. The summed E-state index contributed by atoms with van der Waals surface area (Å²) in [5.74, 6) is -2.06. The second-order valence-corrected chi connectivity index (χ2v) is 4.05. The Morgan fingerprint density at radius 3 is 2.62 bits per heavy atom. The van der Waals surface area contributed by atoms with E-state index >= 15 is 0 Å². The summed E-state index contributed by atoms with van der Waals surface area (Å²) in [6, 6.07) is 0. The summed E-state index contributed by atoms with van der Waals surface area (Å²) in [6.45, 7) is 1.62. The van der Waals surface area contributed by atoms with Crippen molar-refractivity contribution in [3.8, 4) is 0 Å². The average Bonchev–Trinajstić information content (AvgIpc) is 2.64. The van der Waals surface area contributed by atoms with Crippen LogP contribution in [-0.4, -0.2) is 32.6 Å². The Labute approximate surface area is 93.2 Å². The molecule has 0 unspecified atom stereocenters. The van der Waals surface area contributed by atoms with Gasteiger partial charge in [-0.2, -0.15) is 29.9 Å². The molecule has 0 aliphatic rings. The van der Waals surface area contributed by atoms with Gasteiger partial charge in [0.15, 0.2) is 0 Å². The summed E-state index contributed by atoms with van der Waals surface area (Å²) in [5.41, 5.74) is 0. The first-order valence-electron chi connectivity index (χ1n) is 4.18. The average molecular weight is 254 g/mol. The highest BCUT2D eigenvalue weighted by Crippen LogP contribution is 2.26. The van der Waals surface area contributed by atoms with Gasteiger partial charge in [-0.1, -0.05) is 0 Å². The van der Waals surface area contributed by atoms with Crippen LogP contribution >= 0.6 is 11.8 Å². The molecule has 1 atom stereocenters. The summed E-state index contributed by atoms with van der Waals surface area (Å²) >= 11 is 1.26. The normalized spacial score (nSPS) is 13.6. The maximum atomic E-state index is 12.1. The number of alkyl halides is 3. The number of hydrogen-bond acceptors (Lipinski definition) is 4. The molecular weight excluding hydrogens is 245 g/mol. The molecule has 9 heteroatoms. The highest BCUT2D eigenvalue weighted by atomic mass is 32.2. The van der Waals surface area contributed by atoms with Crippen molar-refractivity contribution >= 4 is 23.6 Å². The third-order valence-electron chi connectivity index (χ3n) is 1.71. The van der Waals surface area contributed by atoms with Crippen LogP contribution in [0, 0.1) is 0 Å². The highest BCUT2D eigenvalue weighted by Gasteiger charge is 2.35. The van der Waals surface area contributed by atoms with E-state index in [0.717, 1.165) is 0 Å². The van der Waals surface area contributed by atoms with Crippen LogP contribution < -0.4 is 5.32 Å². The molecule has 1 aromatic rings. The van der Waals surface area contributed by atoms with Crippen molar-refractivity contribution in [2.75, 3.05) is 11.6 Å². The second-order valence-electron chi connectivity index (χ2n) is 2.87. The van der Waals surface area contributed by atoms with Crippen molar-refractivity contribution in [3.05, 3.63) is 5.82 Å². The minimum absolute atomic E-state index is 0.377. The zero-order chi connectivity index (χ0) is 12.3. The molecular formula is C7H9F3N4OS. The molecule has 0 fully saturated rings. The van der Waals surface area contributed by atoms with E-state index in [1.54, 1.807) is 18.3 Å². The van der Waals surface area contributed by atoms with Crippen LogP contribution in [0.15, 0.2) is 0 Å². The lowest BCUT2D eigenvalue weighted by atomic mass is 10.4. The van der Waals surface area contributed by atoms with E-state index in [4.69, 9.17) is 0 Å². The van der Waals surface area contributed by atoms with Gasteiger partial charge in [0.05, 0.1) is 5.25 Å². The van der Waals surface area contributed by atoms with Gasteiger partial charge >= 0.3 is 6.18 Å². The van der Waals surface area contributed by atoms with E-state index in [-0.39, 0.29) is 11.2 Å². The Hall–Kier alpha value is -1.25. The van der Waals surface area contributed by atoms with E-state index in [0.29, 0.717) is 0 Å². The fourth-order valence-electron chi connectivity index (χ4n) is 0.763. The molecule has 0 aliphatic heterocycles. The van der Waals surface area contributed by atoms with Gasteiger partial charge < -0.3 is 0 Å². The van der Waals surface area contributed by atoms with Crippen molar-refractivity contribution in [1.29, 1.82) is 0 Å². The van der Waals surface area contributed by atoms with Crippen molar-refractivity contribution in [3.63, 3.8) is 0 Å². The number of carbonyl (C=O) groups excluding carboxylic acids is 1. The lowest BCUT2D eigenvalue weighted by Gasteiger charge is -2.05. The van der Waals surface area contributed by atoms with Gasteiger partial charge in [-0.3, -0.25) is 15.2 Å². The minimum atomic E-state index is -4.60. The summed E-state index contributed by atoms with van der Waals surface area (Å²) in [5, 5.41) is 6.73. The maximum Gasteiger partial charge on any atom is 0.451 e. The molecule has 0 aromatic carbocycles. The van der Waals surface area contributed by atoms with Crippen LogP contribution in [0.2, 0.25) is 0 Å². The molecule has 1 amide bonds. The number of aromatic nitrogens is 3. The number of nitrogens with zero attached hydrogens (tertiary/aromatic N) is 2. The Balaban J connectivity index is 2.70. The van der Waals surface area contributed by atoms with Crippen molar-refractivity contribution in [2.45, 2.75) is 18.3 Å². The molecule has 1 heterocycles.